The topological polar surface area (TPSA) is 85.1 Å². The number of ketones is 1. The molecular weight excluding hydrogens is 290 g/mol. The summed E-state index contributed by atoms with van der Waals surface area (Å²) in [7, 11) is 0. The van der Waals surface area contributed by atoms with E-state index < -0.39 is 5.54 Å². The van der Waals surface area contributed by atoms with E-state index in [-0.39, 0.29) is 24.1 Å². The normalized spacial score (nSPS) is 13.0. The van der Waals surface area contributed by atoms with Gasteiger partial charge < -0.3 is 11.1 Å². The second-order valence-corrected chi connectivity index (χ2v) is 5.34. The van der Waals surface area contributed by atoms with Crippen LogP contribution in [-0.2, 0) is 11.3 Å². The number of amides is 1. The number of carbonyl (C=O) groups excluding carboxylic acids is 2. The fourth-order valence-electron chi connectivity index (χ4n) is 2.09. The molecule has 0 spiro atoms. The van der Waals surface area contributed by atoms with Crippen molar-refractivity contribution in [2.75, 3.05) is 0 Å². The molecule has 0 radical (unpaired) electrons. The molecule has 6 heteroatoms. The van der Waals surface area contributed by atoms with Crippen LogP contribution in [0.2, 0.25) is 0 Å². The SMILES string of the molecule is CCCC(C)(N)C(=O)NCc1ccc(C(C)=O)c(C)n1.Cl. The first-order valence-electron chi connectivity index (χ1n) is 6.82. The highest BCUT2D eigenvalue weighted by molar-refractivity contribution is 5.95. The van der Waals surface area contributed by atoms with E-state index in [1.165, 1.54) is 6.92 Å². The Labute approximate surface area is 132 Å². The summed E-state index contributed by atoms with van der Waals surface area (Å²) in [5.74, 6) is -0.197. The molecule has 0 aliphatic rings. The van der Waals surface area contributed by atoms with Gasteiger partial charge in [-0.1, -0.05) is 13.3 Å². The number of Topliss-reactive ketones (excluding diaryl/α,β-unsaturated/α-hetero) is 1. The lowest BCUT2D eigenvalue weighted by Crippen LogP contribution is -2.51. The lowest BCUT2D eigenvalue weighted by Gasteiger charge is -2.22. The maximum atomic E-state index is 12.0. The van der Waals surface area contributed by atoms with Crippen molar-refractivity contribution in [2.24, 2.45) is 5.73 Å². The number of rotatable bonds is 6. The van der Waals surface area contributed by atoms with Gasteiger partial charge in [0, 0.05) is 11.3 Å². The number of hydrogen-bond acceptors (Lipinski definition) is 4. The fraction of sp³-hybridized carbons (Fsp3) is 0.533. The molecule has 3 N–H and O–H groups in total. The van der Waals surface area contributed by atoms with Gasteiger partial charge >= 0.3 is 0 Å². The number of hydrogen-bond donors (Lipinski definition) is 2. The molecule has 1 rings (SSSR count). The molecule has 5 nitrogen and oxygen atoms in total. The summed E-state index contributed by atoms with van der Waals surface area (Å²) >= 11 is 0. The summed E-state index contributed by atoms with van der Waals surface area (Å²) in [5.41, 5.74) is 7.09. The Kier molecular flexibility index (Phi) is 7.53. The molecule has 0 bridgehead atoms. The Hall–Kier alpha value is -1.46. The molecule has 118 valence electrons. The summed E-state index contributed by atoms with van der Waals surface area (Å²) in [5, 5.41) is 2.79. The second kappa shape index (κ2) is 8.10. The van der Waals surface area contributed by atoms with Crippen LogP contribution in [0.1, 0.15) is 55.4 Å². The van der Waals surface area contributed by atoms with Crippen LogP contribution in [0.5, 0.6) is 0 Å². The molecule has 1 aromatic rings. The lowest BCUT2D eigenvalue weighted by atomic mass is 9.96. The average Bonchev–Trinajstić information content (AvgIpc) is 2.35. The minimum atomic E-state index is -0.858. The Morgan fingerprint density at radius 2 is 2.00 bits per heavy atom. The lowest BCUT2D eigenvalue weighted by molar-refractivity contribution is -0.126. The predicted octanol–water partition coefficient (Wildman–Crippen LogP) is 2.15. The Bertz CT molecular complexity index is 516. The van der Waals surface area contributed by atoms with E-state index in [2.05, 4.69) is 10.3 Å². The number of aromatic nitrogens is 1. The first-order chi connectivity index (χ1) is 9.27. The van der Waals surface area contributed by atoms with Gasteiger partial charge in [-0.15, -0.1) is 12.4 Å². The standard InChI is InChI=1S/C15H23N3O2.ClH/c1-5-8-15(4,16)14(20)17-9-12-6-7-13(11(3)19)10(2)18-12;/h6-7H,5,8-9,16H2,1-4H3,(H,17,20);1H. The fourth-order valence-corrected chi connectivity index (χ4v) is 2.09. The van der Waals surface area contributed by atoms with Crippen molar-refractivity contribution in [2.45, 2.75) is 52.6 Å². The zero-order valence-electron chi connectivity index (χ0n) is 13.0. The van der Waals surface area contributed by atoms with Gasteiger partial charge in [0.25, 0.3) is 0 Å². The van der Waals surface area contributed by atoms with Crippen molar-refractivity contribution >= 4 is 24.1 Å². The molecule has 1 aromatic heterocycles. The number of nitrogens with one attached hydrogen (secondary N) is 1. The van der Waals surface area contributed by atoms with Crippen LogP contribution < -0.4 is 11.1 Å². The number of halogens is 1. The van der Waals surface area contributed by atoms with Crippen molar-refractivity contribution in [1.29, 1.82) is 0 Å². The van der Waals surface area contributed by atoms with Gasteiger partial charge in [0.15, 0.2) is 5.78 Å². The second-order valence-electron chi connectivity index (χ2n) is 5.34. The Morgan fingerprint density at radius 1 is 1.38 bits per heavy atom. The zero-order valence-corrected chi connectivity index (χ0v) is 13.8. The van der Waals surface area contributed by atoms with Crippen LogP contribution >= 0.6 is 12.4 Å². The van der Waals surface area contributed by atoms with Gasteiger partial charge in [-0.2, -0.15) is 0 Å². The summed E-state index contributed by atoms with van der Waals surface area (Å²) < 4.78 is 0. The van der Waals surface area contributed by atoms with Crippen LogP contribution in [-0.4, -0.2) is 22.2 Å². The van der Waals surface area contributed by atoms with Crippen LogP contribution in [0.15, 0.2) is 12.1 Å². The van der Waals surface area contributed by atoms with Gasteiger partial charge in [-0.05, 0) is 39.3 Å². The largest absolute Gasteiger partial charge is 0.349 e. The molecule has 0 aromatic carbocycles. The van der Waals surface area contributed by atoms with E-state index >= 15 is 0 Å². The van der Waals surface area contributed by atoms with Crippen molar-refractivity contribution in [3.63, 3.8) is 0 Å². The van der Waals surface area contributed by atoms with Gasteiger partial charge in [-0.25, -0.2) is 0 Å². The van der Waals surface area contributed by atoms with Gasteiger partial charge in [0.05, 0.1) is 17.8 Å². The predicted molar refractivity (Wildman–Crippen MR) is 85.6 cm³/mol. The molecule has 1 amide bonds. The minimum absolute atomic E-state index is 0. The van der Waals surface area contributed by atoms with Crippen molar-refractivity contribution < 1.29 is 9.59 Å². The summed E-state index contributed by atoms with van der Waals surface area (Å²) in [6, 6.07) is 3.48. The molecular formula is C15H24ClN3O2. The zero-order chi connectivity index (χ0) is 15.3. The Balaban J connectivity index is 0.00000400. The monoisotopic (exact) mass is 313 g/mol. The summed E-state index contributed by atoms with van der Waals surface area (Å²) in [6.45, 7) is 7.32. The first kappa shape index (κ1) is 19.5. The number of carbonyl (C=O) groups is 2. The van der Waals surface area contributed by atoms with Crippen LogP contribution in [0.25, 0.3) is 0 Å². The van der Waals surface area contributed by atoms with Crippen LogP contribution in [0.4, 0.5) is 0 Å². The molecule has 1 heterocycles. The van der Waals surface area contributed by atoms with Crippen molar-refractivity contribution in [3.8, 4) is 0 Å². The molecule has 0 aliphatic carbocycles. The van der Waals surface area contributed by atoms with E-state index in [0.29, 0.717) is 29.9 Å². The van der Waals surface area contributed by atoms with E-state index in [1.54, 1.807) is 26.0 Å². The van der Waals surface area contributed by atoms with E-state index in [9.17, 15) is 9.59 Å². The van der Waals surface area contributed by atoms with E-state index in [1.807, 2.05) is 6.92 Å². The smallest absolute Gasteiger partial charge is 0.240 e. The van der Waals surface area contributed by atoms with Crippen molar-refractivity contribution in [3.05, 3.63) is 29.1 Å². The highest BCUT2D eigenvalue weighted by Crippen LogP contribution is 2.10. The maximum Gasteiger partial charge on any atom is 0.240 e. The van der Waals surface area contributed by atoms with Gasteiger partial charge in [0.2, 0.25) is 5.91 Å². The summed E-state index contributed by atoms with van der Waals surface area (Å²) in [6.07, 6.45) is 1.49. The molecule has 0 aliphatic heterocycles. The molecule has 0 fully saturated rings. The Morgan fingerprint density at radius 3 is 2.48 bits per heavy atom. The average molecular weight is 314 g/mol. The highest BCUT2D eigenvalue weighted by Gasteiger charge is 2.26. The third-order valence-corrected chi connectivity index (χ3v) is 3.24. The van der Waals surface area contributed by atoms with E-state index in [0.717, 1.165) is 6.42 Å². The number of nitrogens with two attached hydrogens (primary N) is 1. The molecule has 0 saturated carbocycles. The molecule has 21 heavy (non-hydrogen) atoms. The summed E-state index contributed by atoms with van der Waals surface area (Å²) in [4.78, 5) is 27.6. The number of pyridine rings is 1. The molecule has 1 atom stereocenters. The van der Waals surface area contributed by atoms with Crippen LogP contribution in [0, 0.1) is 6.92 Å². The number of aryl methyl sites for hydroxylation is 1. The van der Waals surface area contributed by atoms with Gasteiger partial charge in [0.1, 0.15) is 0 Å². The van der Waals surface area contributed by atoms with Crippen molar-refractivity contribution in [1.82, 2.24) is 10.3 Å². The third-order valence-electron chi connectivity index (χ3n) is 3.24. The molecule has 1 unspecified atom stereocenters. The number of nitrogens with zero attached hydrogens (tertiary/aromatic N) is 1. The van der Waals surface area contributed by atoms with Gasteiger partial charge in [-0.3, -0.25) is 14.6 Å². The minimum Gasteiger partial charge on any atom is -0.349 e. The third kappa shape index (κ3) is 5.44. The highest BCUT2D eigenvalue weighted by atomic mass is 35.5. The first-order valence-corrected chi connectivity index (χ1v) is 6.82. The maximum absolute atomic E-state index is 12.0. The van der Waals surface area contributed by atoms with E-state index in [4.69, 9.17) is 5.73 Å². The van der Waals surface area contributed by atoms with Crippen LogP contribution in [0.3, 0.4) is 0 Å². The molecule has 0 saturated heterocycles. The quantitative estimate of drug-likeness (QED) is 0.788.